The van der Waals surface area contributed by atoms with Gasteiger partial charge in [0.05, 0.1) is 11.3 Å². The van der Waals surface area contributed by atoms with Gasteiger partial charge in [-0.25, -0.2) is 0 Å². The quantitative estimate of drug-likeness (QED) is 0.914. The van der Waals surface area contributed by atoms with E-state index >= 15 is 0 Å². The van der Waals surface area contributed by atoms with Crippen LogP contribution < -0.4 is 10.1 Å². The van der Waals surface area contributed by atoms with Crippen LogP contribution >= 0.6 is 0 Å². The van der Waals surface area contributed by atoms with Crippen molar-refractivity contribution >= 4 is 11.6 Å². The van der Waals surface area contributed by atoms with Gasteiger partial charge in [-0.15, -0.1) is 0 Å². The van der Waals surface area contributed by atoms with Crippen molar-refractivity contribution in [2.24, 2.45) is 0 Å². The lowest BCUT2D eigenvalue weighted by Crippen LogP contribution is -2.30. The number of carbonyl (C=O) groups excluding carboxylic acids is 1. The second-order valence-corrected chi connectivity index (χ2v) is 6.68. The van der Waals surface area contributed by atoms with E-state index in [1.165, 1.54) is 5.56 Å². The van der Waals surface area contributed by atoms with E-state index in [9.17, 15) is 4.79 Å². The number of carbonyl (C=O) groups is 1. The normalized spacial score (nSPS) is 12.1. The molecule has 2 aromatic rings. The molecule has 0 saturated carbocycles. The Balaban J connectivity index is 2.03. The molecule has 0 aliphatic carbocycles. The molecule has 0 saturated heterocycles. The summed E-state index contributed by atoms with van der Waals surface area (Å²) >= 11 is 0. The van der Waals surface area contributed by atoms with Gasteiger partial charge in [0.1, 0.15) is 11.8 Å². The van der Waals surface area contributed by atoms with E-state index in [0.717, 1.165) is 0 Å². The van der Waals surface area contributed by atoms with Crippen LogP contribution in [0.4, 0.5) is 5.69 Å². The summed E-state index contributed by atoms with van der Waals surface area (Å²) in [5.41, 5.74) is 2.19. The summed E-state index contributed by atoms with van der Waals surface area (Å²) in [6.45, 7) is 8.12. The Morgan fingerprint density at radius 2 is 1.75 bits per heavy atom. The van der Waals surface area contributed by atoms with E-state index in [4.69, 9.17) is 10.00 Å². The fourth-order valence-corrected chi connectivity index (χ4v) is 2.22. The topological polar surface area (TPSA) is 62.1 Å². The van der Waals surface area contributed by atoms with Gasteiger partial charge in [0, 0.05) is 0 Å². The SMILES string of the molecule is CC(Oc1ccc(C(C)(C)C)cc1)C(=O)Nc1ccccc1C#N. The number of hydrogen-bond acceptors (Lipinski definition) is 3. The summed E-state index contributed by atoms with van der Waals surface area (Å²) in [6.07, 6.45) is -0.669. The van der Waals surface area contributed by atoms with Crippen molar-refractivity contribution in [3.63, 3.8) is 0 Å². The summed E-state index contributed by atoms with van der Waals surface area (Å²) in [4.78, 5) is 12.3. The lowest BCUT2D eigenvalue weighted by Gasteiger charge is -2.20. The third kappa shape index (κ3) is 4.36. The van der Waals surface area contributed by atoms with Crippen LogP contribution in [0.3, 0.4) is 0 Å². The van der Waals surface area contributed by atoms with E-state index in [1.54, 1.807) is 31.2 Å². The zero-order valence-corrected chi connectivity index (χ0v) is 14.5. The summed E-state index contributed by atoms with van der Waals surface area (Å²) in [7, 11) is 0. The minimum absolute atomic E-state index is 0.0720. The molecular weight excluding hydrogens is 300 g/mol. The van der Waals surface area contributed by atoms with Gasteiger partial charge in [-0.2, -0.15) is 5.26 Å². The van der Waals surface area contributed by atoms with Crippen LogP contribution in [-0.4, -0.2) is 12.0 Å². The standard InChI is InChI=1S/C20H22N2O2/c1-14(19(23)22-18-8-6-5-7-15(18)13-21)24-17-11-9-16(10-12-17)20(2,3)4/h5-12,14H,1-4H3,(H,22,23). The number of nitrogens with one attached hydrogen (secondary N) is 1. The Labute approximate surface area is 143 Å². The number of nitriles is 1. The molecule has 2 rings (SSSR count). The first-order chi connectivity index (χ1) is 11.3. The maximum Gasteiger partial charge on any atom is 0.265 e. The lowest BCUT2D eigenvalue weighted by molar-refractivity contribution is -0.122. The van der Waals surface area contributed by atoms with Gasteiger partial charge in [0.2, 0.25) is 0 Å². The first-order valence-corrected chi connectivity index (χ1v) is 7.88. The molecule has 1 amide bonds. The van der Waals surface area contributed by atoms with E-state index < -0.39 is 6.10 Å². The number of nitrogens with zero attached hydrogens (tertiary/aromatic N) is 1. The molecule has 0 aliphatic rings. The van der Waals surface area contributed by atoms with Crippen molar-refractivity contribution in [3.8, 4) is 11.8 Å². The molecule has 0 radical (unpaired) electrons. The number of hydrogen-bond donors (Lipinski definition) is 1. The largest absolute Gasteiger partial charge is 0.481 e. The highest BCUT2D eigenvalue weighted by molar-refractivity contribution is 5.95. The number of para-hydroxylation sites is 1. The Kier molecular flexibility index (Phi) is 5.25. The van der Waals surface area contributed by atoms with Gasteiger partial charge in [-0.3, -0.25) is 4.79 Å². The lowest BCUT2D eigenvalue weighted by atomic mass is 9.87. The molecular formula is C20H22N2O2. The van der Waals surface area contributed by atoms with Crippen LogP contribution in [-0.2, 0) is 10.2 Å². The Hall–Kier alpha value is -2.80. The van der Waals surface area contributed by atoms with Crippen LogP contribution in [0.1, 0.15) is 38.8 Å². The maximum absolute atomic E-state index is 12.3. The first kappa shape index (κ1) is 17.6. The highest BCUT2D eigenvalue weighted by Crippen LogP contribution is 2.24. The van der Waals surface area contributed by atoms with E-state index in [2.05, 4.69) is 32.2 Å². The molecule has 0 heterocycles. The van der Waals surface area contributed by atoms with Gasteiger partial charge in [-0.05, 0) is 42.2 Å². The monoisotopic (exact) mass is 322 g/mol. The van der Waals surface area contributed by atoms with Crippen LogP contribution in [0.25, 0.3) is 0 Å². The first-order valence-electron chi connectivity index (χ1n) is 7.88. The molecule has 1 unspecified atom stereocenters. The molecule has 0 fully saturated rings. The molecule has 4 nitrogen and oxygen atoms in total. The van der Waals surface area contributed by atoms with Crippen LogP contribution in [0.15, 0.2) is 48.5 Å². The van der Waals surface area contributed by atoms with Gasteiger partial charge >= 0.3 is 0 Å². The Morgan fingerprint density at radius 1 is 1.12 bits per heavy atom. The van der Waals surface area contributed by atoms with Gasteiger partial charge < -0.3 is 10.1 Å². The molecule has 0 spiro atoms. The number of benzene rings is 2. The van der Waals surface area contributed by atoms with Gasteiger partial charge in [0.15, 0.2) is 6.10 Å². The minimum Gasteiger partial charge on any atom is -0.481 e. The zero-order chi connectivity index (χ0) is 17.7. The Morgan fingerprint density at radius 3 is 2.33 bits per heavy atom. The molecule has 0 bridgehead atoms. The van der Waals surface area contributed by atoms with Crippen LogP contribution in [0.2, 0.25) is 0 Å². The zero-order valence-electron chi connectivity index (χ0n) is 14.5. The van der Waals surface area contributed by atoms with Crippen molar-refractivity contribution in [2.45, 2.75) is 39.2 Å². The third-order valence-electron chi connectivity index (χ3n) is 3.71. The Bertz CT molecular complexity index is 752. The number of ether oxygens (including phenoxy) is 1. The van der Waals surface area contributed by atoms with Gasteiger partial charge in [-0.1, -0.05) is 45.0 Å². The predicted molar refractivity (Wildman–Crippen MR) is 95.0 cm³/mol. The molecule has 2 aromatic carbocycles. The molecule has 124 valence electrons. The van der Waals surface area contributed by atoms with Crippen molar-refractivity contribution in [3.05, 3.63) is 59.7 Å². The smallest absolute Gasteiger partial charge is 0.265 e. The van der Waals surface area contributed by atoms with Crippen molar-refractivity contribution < 1.29 is 9.53 Å². The minimum atomic E-state index is -0.669. The van der Waals surface area contributed by atoms with E-state index in [0.29, 0.717) is 17.0 Å². The molecule has 0 aromatic heterocycles. The molecule has 0 aliphatic heterocycles. The second-order valence-electron chi connectivity index (χ2n) is 6.68. The number of amides is 1. The van der Waals surface area contributed by atoms with Crippen LogP contribution in [0, 0.1) is 11.3 Å². The maximum atomic E-state index is 12.3. The van der Waals surface area contributed by atoms with Gasteiger partial charge in [0.25, 0.3) is 5.91 Å². The number of anilines is 1. The average molecular weight is 322 g/mol. The predicted octanol–water partition coefficient (Wildman–Crippen LogP) is 4.26. The summed E-state index contributed by atoms with van der Waals surface area (Å²) in [5, 5.41) is 11.8. The summed E-state index contributed by atoms with van der Waals surface area (Å²) in [5.74, 6) is 0.344. The number of rotatable bonds is 4. The van der Waals surface area contributed by atoms with Crippen molar-refractivity contribution in [2.75, 3.05) is 5.32 Å². The average Bonchev–Trinajstić information content (AvgIpc) is 2.55. The third-order valence-corrected chi connectivity index (χ3v) is 3.71. The molecule has 4 heteroatoms. The molecule has 1 atom stereocenters. The van der Waals surface area contributed by atoms with E-state index in [-0.39, 0.29) is 11.3 Å². The molecule has 1 N–H and O–H groups in total. The van der Waals surface area contributed by atoms with Crippen molar-refractivity contribution in [1.82, 2.24) is 0 Å². The molecule has 24 heavy (non-hydrogen) atoms. The highest BCUT2D eigenvalue weighted by atomic mass is 16.5. The highest BCUT2D eigenvalue weighted by Gasteiger charge is 2.17. The summed E-state index contributed by atoms with van der Waals surface area (Å²) < 4.78 is 5.69. The summed E-state index contributed by atoms with van der Waals surface area (Å²) in [6, 6.07) is 16.7. The van der Waals surface area contributed by atoms with Crippen LogP contribution in [0.5, 0.6) is 5.75 Å². The van der Waals surface area contributed by atoms with E-state index in [1.807, 2.05) is 24.3 Å². The fraction of sp³-hybridized carbons (Fsp3) is 0.300. The van der Waals surface area contributed by atoms with Crippen molar-refractivity contribution in [1.29, 1.82) is 5.26 Å². The fourth-order valence-electron chi connectivity index (χ4n) is 2.22. The second kappa shape index (κ2) is 7.18.